The van der Waals surface area contributed by atoms with Crippen LogP contribution in [0.5, 0.6) is 0 Å². The lowest BCUT2D eigenvalue weighted by molar-refractivity contribution is 0.507. The van der Waals surface area contributed by atoms with Crippen molar-refractivity contribution in [1.29, 1.82) is 0 Å². The molecule has 6 heteroatoms. The lowest BCUT2D eigenvalue weighted by Crippen LogP contribution is -2.31. The van der Waals surface area contributed by atoms with Gasteiger partial charge >= 0.3 is 0 Å². The smallest absolute Gasteiger partial charge is 0.0958 e. The van der Waals surface area contributed by atoms with Crippen LogP contribution in [0, 0.1) is 0 Å². The Morgan fingerprint density at radius 3 is 2.86 bits per heavy atom. The molecule has 3 rings (SSSR count). The highest BCUT2D eigenvalue weighted by Gasteiger charge is 2.18. The van der Waals surface area contributed by atoms with Crippen LogP contribution in [0.25, 0.3) is 10.2 Å². The second kappa shape index (κ2) is 5.93. The third-order valence-corrected chi connectivity index (χ3v) is 4.66. The molecule has 21 heavy (non-hydrogen) atoms. The van der Waals surface area contributed by atoms with Crippen molar-refractivity contribution < 1.29 is 0 Å². The predicted molar refractivity (Wildman–Crippen MR) is 86.0 cm³/mol. The Morgan fingerprint density at radius 1 is 1.38 bits per heavy atom. The van der Waals surface area contributed by atoms with Gasteiger partial charge in [0.05, 0.1) is 32.7 Å². The lowest BCUT2D eigenvalue weighted by Gasteiger charge is -2.14. The van der Waals surface area contributed by atoms with Crippen LogP contribution in [0.3, 0.4) is 0 Å². The standard InChI is InChI=1S/C15H19N5S/c1-3-10-8-13(20(2)19-10)12(18-16)9-15-17-11-6-4-5-7-14(11)21-15/h4-8,12,18H,3,9,16H2,1-2H3. The Balaban J connectivity index is 1.87. The molecule has 5 nitrogen and oxygen atoms in total. The van der Waals surface area contributed by atoms with Gasteiger partial charge in [0.2, 0.25) is 0 Å². The van der Waals surface area contributed by atoms with E-state index in [1.807, 2.05) is 29.9 Å². The van der Waals surface area contributed by atoms with Gasteiger partial charge in [-0.25, -0.2) is 4.98 Å². The highest BCUT2D eigenvalue weighted by molar-refractivity contribution is 7.18. The summed E-state index contributed by atoms with van der Waals surface area (Å²) in [5, 5.41) is 5.57. The SMILES string of the molecule is CCc1cc(C(Cc2nc3ccccc3s2)NN)n(C)n1. The minimum absolute atomic E-state index is 0.0170. The number of nitrogens with one attached hydrogen (secondary N) is 1. The fourth-order valence-corrected chi connectivity index (χ4v) is 3.49. The van der Waals surface area contributed by atoms with E-state index in [1.165, 1.54) is 4.70 Å². The zero-order chi connectivity index (χ0) is 14.8. The number of nitrogens with two attached hydrogens (primary N) is 1. The normalized spacial score (nSPS) is 12.9. The van der Waals surface area contributed by atoms with E-state index in [9.17, 15) is 0 Å². The maximum atomic E-state index is 5.75. The summed E-state index contributed by atoms with van der Waals surface area (Å²) in [5.74, 6) is 5.75. The maximum Gasteiger partial charge on any atom is 0.0958 e. The molecule has 2 aromatic heterocycles. The minimum atomic E-state index is 0.0170. The van der Waals surface area contributed by atoms with Crippen molar-refractivity contribution >= 4 is 21.6 Å². The topological polar surface area (TPSA) is 68.8 Å². The number of aromatic nitrogens is 3. The van der Waals surface area contributed by atoms with Crippen LogP contribution in [-0.2, 0) is 19.9 Å². The first-order valence-electron chi connectivity index (χ1n) is 7.04. The molecule has 1 unspecified atom stereocenters. The van der Waals surface area contributed by atoms with E-state index in [1.54, 1.807) is 11.3 Å². The molecular weight excluding hydrogens is 282 g/mol. The highest BCUT2D eigenvalue weighted by Crippen LogP contribution is 2.26. The largest absolute Gasteiger partial charge is 0.271 e. The van der Waals surface area contributed by atoms with Crippen molar-refractivity contribution in [3.63, 3.8) is 0 Å². The quantitative estimate of drug-likeness (QED) is 0.560. The fourth-order valence-electron chi connectivity index (χ4n) is 2.47. The first-order chi connectivity index (χ1) is 10.2. The Kier molecular flexibility index (Phi) is 4.01. The van der Waals surface area contributed by atoms with Crippen LogP contribution in [-0.4, -0.2) is 14.8 Å². The van der Waals surface area contributed by atoms with Crippen molar-refractivity contribution in [2.75, 3.05) is 0 Å². The van der Waals surface area contributed by atoms with Crippen LogP contribution >= 0.6 is 11.3 Å². The van der Waals surface area contributed by atoms with Crippen molar-refractivity contribution in [3.05, 3.63) is 46.7 Å². The number of para-hydroxylation sites is 1. The number of aryl methyl sites for hydroxylation is 2. The Morgan fingerprint density at radius 2 is 2.19 bits per heavy atom. The van der Waals surface area contributed by atoms with Crippen LogP contribution in [0.1, 0.15) is 29.4 Å². The zero-order valence-electron chi connectivity index (χ0n) is 12.2. The van der Waals surface area contributed by atoms with Crippen molar-refractivity contribution in [1.82, 2.24) is 20.2 Å². The van der Waals surface area contributed by atoms with Gasteiger partial charge < -0.3 is 0 Å². The number of hydrazine groups is 1. The summed E-state index contributed by atoms with van der Waals surface area (Å²) < 4.78 is 3.11. The Bertz CT molecular complexity index is 712. The van der Waals surface area contributed by atoms with E-state index in [-0.39, 0.29) is 6.04 Å². The predicted octanol–water partition coefficient (Wildman–Crippen LogP) is 2.34. The summed E-state index contributed by atoms with van der Waals surface area (Å²) >= 11 is 1.72. The van der Waals surface area contributed by atoms with Gasteiger partial charge in [-0.15, -0.1) is 11.3 Å². The number of hydrogen-bond acceptors (Lipinski definition) is 5. The van der Waals surface area contributed by atoms with E-state index in [0.717, 1.165) is 34.8 Å². The summed E-state index contributed by atoms with van der Waals surface area (Å²) in [6, 6.07) is 10.3. The number of thiazole rings is 1. The molecular formula is C15H19N5S. The van der Waals surface area contributed by atoms with E-state index in [4.69, 9.17) is 5.84 Å². The third-order valence-electron chi connectivity index (χ3n) is 3.60. The summed E-state index contributed by atoms with van der Waals surface area (Å²) in [6.07, 6.45) is 1.69. The van der Waals surface area contributed by atoms with Gasteiger partial charge in [-0.05, 0) is 24.6 Å². The van der Waals surface area contributed by atoms with E-state index in [0.29, 0.717) is 0 Å². The first kappa shape index (κ1) is 14.2. The van der Waals surface area contributed by atoms with Crippen LogP contribution < -0.4 is 11.3 Å². The van der Waals surface area contributed by atoms with Crippen molar-refractivity contribution in [2.24, 2.45) is 12.9 Å². The molecule has 0 amide bonds. The van der Waals surface area contributed by atoms with Gasteiger partial charge in [-0.1, -0.05) is 19.1 Å². The molecule has 0 radical (unpaired) electrons. The van der Waals surface area contributed by atoms with E-state index >= 15 is 0 Å². The van der Waals surface area contributed by atoms with Gasteiger partial charge in [-0.2, -0.15) is 5.10 Å². The molecule has 0 saturated carbocycles. The fraction of sp³-hybridized carbons (Fsp3) is 0.333. The molecule has 0 bridgehead atoms. The summed E-state index contributed by atoms with van der Waals surface area (Å²) in [7, 11) is 1.96. The van der Waals surface area contributed by atoms with Crippen LogP contribution in [0.4, 0.5) is 0 Å². The number of fused-ring (bicyclic) bond motifs is 1. The minimum Gasteiger partial charge on any atom is -0.271 e. The summed E-state index contributed by atoms with van der Waals surface area (Å²) in [4.78, 5) is 4.68. The molecule has 2 heterocycles. The van der Waals surface area contributed by atoms with Gasteiger partial charge in [0.25, 0.3) is 0 Å². The molecule has 3 N–H and O–H groups in total. The monoisotopic (exact) mass is 301 g/mol. The second-order valence-corrected chi connectivity index (χ2v) is 6.15. The molecule has 1 atom stereocenters. The molecule has 110 valence electrons. The number of nitrogens with zero attached hydrogens (tertiary/aromatic N) is 3. The number of rotatable bonds is 5. The number of hydrogen-bond donors (Lipinski definition) is 2. The maximum absolute atomic E-state index is 5.75. The van der Waals surface area contributed by atoms with E-state index < -0.39 is 0 Å². The molecule has 0 aliphatic carbocycles. The molecule has 0 saturated heterocycles. The molecule has 0 spiro atoms. The summed E-state index contributed by atoms with van der Waals surface area (Å²) in [6.45, 7) is 2.10. The molecule has 3 aromatic rings. The third kappa shape index (κ3) is 2.83. The van der Waals surface area contributed by atoms with Crippen LogP contribution in [0.15, 0.2) is 30.3 Å². The average Bonchev–Trinajstić information content (AvgIpc) is 3.07. The number of benzene rings is 1. The Hall–Kier alpha value is -1.76. The molecule has 0 aliphatic rings. The van der Waals surface area contributed by atoms with Gasteiger partial charge in [0, 0.05) is 13.5 Å². The second-order valence-electron chi connectivity index (χ2n) is 5.04. The Labute approximate surface area is 127 Å². The summed E-state index contributed by atoms with van der Waals surface area (Å²) in [5.41, 5.74) is 6.12. The van der Waals surface area contributed by atoms with Gasteiger partial charge in [0.15, 0.2) is 0 Å². The molecule has 0 aliphatic heterocycles. The highest BCUT2D eigenvalue weighted by atomic mass is 32.1. The van der Waals surface area contributed by atoms with Gasteiger partial charge in [-0.3, -0.25) is 16.0 Å². The van der Waals surface area contributed by atoms with Crippen LogP contribution in [0.2, 0.25) is 0 Å². The molecule has 0 fully saturated rings. The zero-order valence-corrected chi connectivity index (χ0v) is 13.0. The molecule has 1 aromatic carbocycles. The first-order valence-corrected chi connectivity index (χ1v) is 7.86. The average molecular weight is 301 g/mol. The van der Waals surface area contributed by atoms with Gasteiger partial charge in [0.1, 0.15) is 0 Å². The lowest BCUT2D eigenvalue weighted by atomic mass is 10.1. The van der Waals surface area contributed by atoms with E-state index in [2.05, 4.69) is 34.6 Å². The van der Waals surface area contributed by atoms with Crippen molar-refractivity contribution in [3.8, 4) is 0 Å². The van der Waals surface area contributed by atoms with Crippen molar-refractivity contribution in [2.45, 2.75) is 25.8 Å².